The maximum Gasteiger partial charge on any atom is 0.252 e. The van der Waals surface area contributed by atoms with Crippen molar-refractivity contribution in [3.8, 4) is 0 Å². The lowest BCUT2D eigenvalue weighted by molar-refractivity contribution is -0.129. The number of likely N-dealkylation sites (tertiary alicyclic amines) is 1. The van der Waals surface area contributed by atoms with Gasteiger partial charge in [0.2, 0.25) is 5.91 Å². The zero-order chi connectivity index (χ0) is 13.7. The fraction of sp³-hybridized carbons (Fsp3) is 0.571. The number of amides is 2. The fourth-order valence-electron chi connectivity index (χ4n) is 2.19. The number of carbonyl (C=O) groups is 2. The molecule has 0 aromatic carbocycles. The molecule has 1 N–H and O–H groups in total. The highest BCUT2D eigenvalue weighted by atomic mass is 32.1. The van der Waals surface area contributed by atoms with Gasteiger partial charge in [0, 0.05) is 37.7 Å². The van der Waals surface area contributed by atoms with Crippen LogP contribution < -0.4 is 5.32 Å². The van der Waals surface area contributed by atoms with E-state index >= 15 is 0 Å². The summed E-state index contributed by atoms with van der Waals surface area (Å²) in [6.07, 6.45) is 3.56. The van der Waals surface area contributed by atoms with Gasteiger partial charge in [-0.25, -0.2) is 0 Å². The molecule has 19 heavy (non-hydrogen) atoms. The predicted molar refractivity (Wildman–Crippen MR) is 78.6 cm³/mol. The van der Waals surface area contributed by atoms with Gasteiger partial charge in [-0.2, -0.15) is 0 Å². The van der Waals surface area contributed by atoms with Crippen LogP contribution in [0.15, 0.2) is 11.4 Å². The highest BCUT2D eigenvalue weighted by Crippen LogP contribution is 2.15. The first-order valence-electron chi connectivity index (χ1n) is 6.84. The lowest BCUT2D eigenvalue weighted by atomic mass is 10.2. The Bertz CT molecular complexity index is 456. The minimum atomic E-state index is -0.0785. The van der Waals surface area contributed by atoms with Crippen molar-refractivity contribution in [1.29, 1.82) is 0 Å². The summed E-state index contributed by atoms with van der Waals surface area (Å²) in [5.74, 6) is 0.0718. The Labute approximate surface area is 119 Å². The molecule has 0 radical (unpaired) electrons. The third-order valence-electron chi connectivity index (χ3n) is 3.35. The van der Waals surface area contributed by atoms with Crippen LogP contribution >= 0.6 is 11.3 Å². The van der Waals surface area contributed by atoms with Gasteiger partial charge in [0.25, 0.3) is 5.91 Å². The van der Waals surface area contributed by atoms with Crippen LogP contribution in [0.1, 0.15) is 42.8 Å². The third kappa shape index (κ3) is 3.80. The Morgan fingerprint density at radius 2 is 2.16 bits per heavy atom. The van der Waals surface area contributed by atoms with Crippen LogP contribution in [0.25, 0.3) is 0 Å². The number of nitrogens with zero attached hydrogens (tertiary/aromatic N) is 1. The van der Waals surface area contributed by atoms with Crippen molar-refractivity contribution in [2.75, 3.05) is 19.6 Å². The summed E-state index contributed by atoms with van der Waals surface area (Å²) < 4.78 is 0. The highest BCUT2D eigenvalue weighted by molar-refractivity contribution is 7.10. The molecule has 5 heteroatoms. The summed E-state index contributed by atoms with van der Waals surface area (Å²) >= 11 is 1.60. The summed E-state index contributed by atoms with van der Waals surface area (Å²) in [4.78, 5) is 26.7. The van der Waals surface area contributed by atoms with E-state index in [1.54, 1.807) is 11.3 Å². The standard InChI is InChI=1S/C14H20N2O2S.H2/c1-2-12-9-11(10-19-12)14(18)15-6-5-13(17)16-7-3-4-8-16;/h9-10H,2-8H2,1H3,(H,15,18);1H. The maximum absolute atomic E-state index is 11.8. The van der Waals surface area contributed by atoms with E-state index in [0.29, 0.717) is 18.5 Å². The average molecular weight is 282 g/mol. The maximum atomic E-state index is 11.8. The molecule has 2 rings (SSSR count). The molecule has 1 aliphatic heterocycles. The van der Waals surface area contributed by atoms with Gasteiger partial charge < -0.3 is 10.2 Å². The van der Waals surface area contributed by atoms with Gasteiger partial charge in [-0.05, 0) is 25.3 Å². The van der Waals surface area contributed by atoms with Crippen molar-refractivity contribution in [2.45, 2.75) is 32.6 Å². The largest absolute Gasteiger partial charge is 0.351 e. The highest BCUT2D eigenvalue weighted by Gasteiger charge is 2.17. The van der Waals surface area contributed by atoms with Gasteiger partial charge in [0.15, 0.2) is 0 Å². The van der Waals surface area contributed by atoms with Gasteiger partial charge in [-0.1, -0.05) is 6.92 Å². The van der Waals surface area contributed by atoms with Crippen molar-refractivity contribution in [3.63, 3.8) is 0 Å². The topological polar surface area (TPSA) is 49.4 Å². The monoisotopic (exact) mass is 282 g/mol. The minimum absolute atomic E-state index is 0. The third-order valence-corrected chi connectivity index (χ3v) is 4.43. The summed E-state index contributed by atoms with van der Waals surface area (Å²) in [6, 6.07) is 1.92. The SMILES string of the molecule is CCc1cc(C(=O)NCCC(=O)N2CCCC2)cs1.[HH]. The molecule has 1 saturated heterocycles. The van der Waals surface area contributed by atoms with Gasteiger partial charge >= 0.3 is 0 Å². The van der Waals surface area contributed by atoms with E-state index in [1.165, 1.54) is 4.88 Å². The molecule has 0 atom stereocenters. The predicted octanol–water partition coefficient (Wildman–Crippen LogP) is 2.30. The number of carbonyl (C=O) groups excluding carboxylic acids is 2. The molecular weight excluding hydrogens is 260 g/mol. The van der Waals surface area contributed by atoms with Crippen molar-refractivity contribution in [2.24, 2.45) is 0 Å². The lowest BCUT2D eigenvalue weighted by Crippen LogP contribution is -2.32. The van der Waals surface area contributed by atoms with Crippen molar-refractivity contribution >= 4 is 23.2 Å². The quantitative estimate of drug-likeness (QED) is 0.901. The molecule has 0 unspecified atom stereocenters. The lowest BCUT2D eigenvalue weighted by Gasteiger charge is -2.14. The van der Waals surface area contributed by atoms with Crippen LogP contribution in [0, 0.1) is 0 Å². The van der Waals surface area contributed by atoms with E-state index in [-0.39, 0.29) is 13.2 Å². The number of rotatable bonds is 5. The zero-order valence-electron chi connectivity index (χ0n) is 11.3. The molecule has 106 valence electrons. The summed E-state index contributed by atoms with van der Waals surface area (Å²) in [6.45, 7) is 4.24. The fourth-order valence-corrected chi connectivity index (χ4v) is 3.01. The molecule has 2 heterocycles. The van der Waals surface area contributed by atoms with Crippen LogP contribution in [-0.2, 0) is 11.2 Å². The van der Waals surface area contributed by atoms with E-state index in [2.05, 4.69) is 12.2 Å². The first-order chi connectivity index (χ1) is 9.20. The molecule has 1 fully saturated rings. The molecule has 4 nitrogen and oxygen atoms in total. The Balaban J connectivity index is 0.00000200. The molecule has 1 aromatic heterocycles. The molecule has 1 aromatic rings. The molecule has 2 amide bonds. The second-order valence-electron chi connectivity index (χ2n) is 4.75. The van der Waals surface area contributed by atoms with Gasteiger partial charge in [-0.3, -0.25) is 9.59 Å². The molecule has 0 saturated carbocycles. The van der Waals surface area contributed by atoms with Crippen LogP contribution in [0.2, 0.25) is 0 Å². The molecular formula is C14H22N2O2S. The minimum Gasteiger partial charge on any atom is -0.351 e. The van der Waals surface area contributed by atoms with E-state index in [0.717, 1.165) is 32.4 Å². The Morgan fingerprint density at radius 3 is 2.79 bits per heavy atom. The van der Waals surface area contributed by atoms with Crippen LogP contribution in [0.5, 0.6) is 0 Å². The van der Waals surface area contributed by atoms with Crippen LogP contribution in [-0.4, -0.2) is 36.3 Å². The zero-order valence-corrected chi connectivity index (χ0v) is 12.1. The van der Waals surface area contributed by atoms with Gasteiger partial charge in [0.1, 0.15) is 0 Å². The van der Waals surface area contributed by atoms with E-state index in [9.17, 15) is 9.59 Å². The molecule has 0 aliphatic carbocycles. The second kappa shape index (κ2) is 6.70. The smallest absolute Gasteiger partial charge is 0.252 e. The number of hydrogen-bond acceptors (Lipinski definition) is 3. The van der Waals surface area contributed by atoms with E-state index in [4.69, 9.17) is 0 Å². The summed E-state index contributed by atoms with van der Waals surface area (Å²) in [5, 5.41) is 4.68. The van der Waals surface area contributed by atoms with Gasteiger partial charge in [0.05, 0.1) is 5.56 Å². The first-order valence-corrected chi connectivity index (χ1v) is 7.72. The molecule has 1 aliphatic rings. The summed E-state index contributed by atoms with van der Waals surface area (Å²) in [5.41, 5.74) is 0.704. The Kier molecular flexibility index (Phi) is 4.96. The van der Waals surface area contributed by atoms with Crippen molar-refractivity contribution in [3.05, 3.63) is 21.9 Å². The number of thiophene rings is 1. The number of nitrogens with one attached hydrogen (secondary N) is 1. The number of hydrogen-bond donors (Lipinski definition) is 1. The van der Waals surface area contributed by atoms with Crippen molar-refractivity contribution < 1.29 is 11.0 Å². The average Bonchev–Trinajstić information content (AvgIpc) is 3.09. The van der Waals surface area contributed by atoms with Gasteiger partial charge in [-0.15, -0.1) is 11.3 Å². The number of aryl methyl sites for hydroxylation is 1. The van der Waals surface area contributed by atoms with Crippen LogP contribution in [0.3, 0.4) is 0 Å². The normalized spacial score (nSPS) is 14.7. The second-order valence-corrected chi connectivity index (χ2v) is 5.74. The summed E-state index contributed by atoms with van der Waals surface area (Å²) in [7, 11) is 0. The van der Waals surface area contributed by atoms with E-state index < -0.39 is 0 Å². The Hall–Kier alpha value is -1.36. The Morgan fingerprint density at radius 1 is 1.42 bits per heavy atom. The van der Waals surface area contributed by atoms with E-state index in [1.807, 2.05) is 16.3 Å². The molecule has 0 bridgehead atoms. The van der Waals surface area contributed by atoms with Crippen molar-refractivity contribution in [1.82, 2.24) is 10.2 Å². The molecule has 0 spiro atoms. The first kappa shape index (κ1) is 14.1. The van der Waals surface area contributed by atoms with Crippen LogP contribution in [0.4, 0.5) is 0 Å².